The number of rotatable bonds is 5. The second-order valence-corrected chi connectivity index (χ2v) is 7.49. The fraction of sp³-hybridized carbons (Fsp3) is 0.533. The van der Waals surface area contributed by atoms with E-state index >= 15 is 0 Å². The molecule has 0 spiro atoms. The van der Waals surface area contributed by atoms with Crippen LogP contribution in [-0.2, 0) is 14.8 Å². The van der Waals surface area contributed by atoms with Crippen molar-refractivity contribution in [2.24, 2.45) is 5.14 Å². The number of aliphatic hydroxyl groups is 2. The molecule has 134 valence electrons. The molecule has 1 aliphatic rings. The van der Waals surface area contributed by atoms with Crippen molar-refractivity contribution in [1.82, 2.24) is 5.32 Å². The summed E-state index contributed by atoms with van der Waals surface area (Å²) in [7, 11) is -3.79. The predicted octanol–water partition coefficient (Wildman–Crippen LogP) is -0.588. The third-order valence-electron chi connectivity index (χ3n) is 4.00. The van der Waals surface area contributed by atoms with E-state index in [9.17, 15) is 23.4 Å². The second kappa shape index (κ2) is 7.47. The highest BCUT2D eigenvalue weighted by molar-refractivity contribution is 7.89. The van der Waals surface area contributed by atoms with Gasteiger partial charge >= 0.3 is 0 Å². The highest BCUT2D eigenvalue weighted by Gasteiger charge is 2.31. The Morgan fingerprint density at radius 3 is 2.71 bits per heavy atom. The van der Waals surface area contributed by atoms with Gasteiger partial charge in [0.05, 0.1) is 23.1 Å². The molecular formula is C15H22N2O6S. The zero-order chi connectivity index (χ0) is 17.9. The van der Waals surface area contributed by atoms with E-state index in [0.717, 1.165) is 6.42 Å². The number of aryl methyl sites for hydroxylation is 1. The van der Waals surface area contributed by atoms with Gasteiger partial charge < -0.3 is 20.3 Å². The van der Waals surface area contributed by atoms with E-state index < -0.39 is 34.2 Å². The van der Waals surface area contributed by atoms with Crippen LogP contribution in [0.3, 0.4) is 0 Å². The van der Waals surface area contributed by atoms with Crippen molar-refractivity contribution >= 4 is 15.9 Å². The van der Waals surface area contributed by atoms with E-state index in [1.807, 2.05) is 0 Å². The molecule has 0 heterocycles. The van der Waals surface area contributed by atoms with Gasteiger partial charge in [-0.3, -0.25) is 4.79 Å². The van der Waals surface area contributed by atoms with Crippen LogP contribution in [0.5, 0.6) is 5.75 Å². The number of ether oxygens (including phenoxy) is 1. The summed E-state index contributed by atoms with van der Waals surface area (Å²) in [6, 6.07) is 3.60. The fourth-order valence-corrected chi connectivity index (χ4v) is 3.27. The average molecular weight is 358 g/mol. The van der Waals surface area contributed by atoms with Crippen LogP contribution in [0, 0.1) is 6.92 Å². The number of aliphatic hydroxyl groups excluding tert-OH is 2. The van der Waals surface area contributed by atoms with E-state index in [-0.39, 0.29) is 11.5 Å². The lowest BCUT2D eigenvalue weighted by molar-refractivity contribution is -0.126. The maximum absolute atomic E-state index is 11.9. The Hall–Kier alpha value is -1.68. The SMILES string of the molecule is Cc1cc(S(N)(=O)=O)ccc1OCC(=O)N[C@@H]1CCC[C@@H](O)[C@@H]1O. The number of hydrogen-bond donors (Lipinski definition) is 4. The van der Waals surface area contributed by atoms with E-state index in [2.05, 4.69) is 5.32 Å². The molecule has 9 heteroatoms. The third kappa shape index (κ3) is 4.67. The number of nitrogens with two attached hydrogens (primary N) is 1. The Balaban J connectivity index is 1.92. The van der Waals surface area contributed by atoms with Crippen LogP contribution >= 0.6 is 0 Å². The molecule has 0 saturated heterocycles. The number of primary sulfonamides is 1. The molecule has 0 aliphatic heterocycles. The molecule has 0 radical (unpaired) electrons. The van der Waals surface area contributed by atoms with Crippen LogP contribution in [0.4, 0.5) is 0 Å². The number of benzene rings is 1. The third-order valence-corrected chi connectivity index (χ3v) is 4.91. The lowest BCUT2D eigenvalue weighted by atomic mass is 9.90. The number of carbonyl (C=O) groups excluding carboxylic acids is 1. The quantitative estimate of drug-likeness (QED) is 0.555. The monoisotopic (exact) mass is 358 g/mol. The first-order valence-electron chi connectivity index (χ1n) is 7.60. The summed E-state index contributed by atoms with van der Waals surface area (Å²) in [4.78, 5) is 11.9. The van der Waals surface area contributed by atoms with Crippen molar-refractivity contribution in [1.29, 1.82) is 0 Å². The van der Waals surface area contributed by atoms with Gasteiger partial charge in [0.25, 0.3) is 5.91 Å². The van der Waals surface area contributed by atoms with Gasteiger partial charge in [-0.05, 0) is 49.9 Å². The van der Waals surface area contributed by atoms with Gasteiger partial charge in [-0.1, -0.05) is 0 Å². The largest absolute Gasteiger partial charge is 0.484 e. The molecule has 2 rings (SSSR count). The summed E-state index contributed by atoms with van der Waals surface area (Å²) >= 11 is 0. The maximum atomic E-state index is 11.9. The van der Waals surface area contributed by atoms with Crippen molar-refractivity contribution in [3.63, 3.8) is 0 Å². The Morgan fingerprint density at radius 2 is 2.08 bits per heavy atom. The first kappa shape index (κ1) is 18.7. The van der Waals surface area contributed by atoms with Gasteiger partial charge in [0, 0.05) is 0 Å². The summed E-state index contributed by atoms with van der Waals surface area (Å²) in [5.41, 5.74) is 0.530. The van der Waals surface area contributed by atoms with E-state index in [1.54, 1.807) is 6.92 Å². The summed E-state index contributed by atoms with van der Waals surface area (Å²) in [6.45, 7) is 1.36. The molecular weight excluding hydrogens is 336 g/mol. The molecule has 1 aromatic rings. The minimum Gasteiger partial charge on any atom is -0.484 e. The zero-order valence-corrected chi connectivity index (χ0v) is 14.1. The molecule has 3 atom stereocenters. The Bertz CT molecular complexity index is 706. The molecule has 1 amide bonds. The van der Waals surface area contributed by atoms with Crippen molar-refractivity contribution in [3.05, 3.63) is 23.8 Å². The van der Waals surface area contributed by atoms with E-state index in [1.165, 1.54) is 18.2 Å². The summed E-state index contributed by atoms with van der Waals surface area (Å²) in [6.07, 6.45) is 0.000527. The number of sulfonamides is 1. The molecule has 1 fully saturated rings. The Morgan fingerprint density at radius 1 is 1.38 bits per heavy atom. The first-order chi connectivity index (χ1) is 11.2. The Kier molecular flexibility index (Phi) is 5.81. The van der Waals surface area contributed by atoms with Crippen LogP contribution in [-0.4, -0.2) is 49.4 Å². The Labute approximate surface area is 140 Å². The second-order valence-electron chi connectivity index (χ2n) is 5.92. The lowest BCUT2D eigenvalue weighted by Gasteiger charge is -2.32. The van der Waals surface area contributed by atoms with E-state index in [0.29, 0.717) is 24.2 Å². The minimum absolute atomic E-state index is 0.0314. The van der Waals surface area contributed by atoms with Gasteiger partial charge in [-0.2, -0.15) is 0 Å². The van der Waals surface area contributed by atoms with Crippen molar-refractivity contribution in [2.75, 3.05) is 6.61 Å². The van der Waals surface area contributed by atoms with Gasteiger partial charge in [0.1, 0.15) is 5.75 Å². The number of carbonyl (C=O) groups is 1. The average Bonchev–Trinajstić information content (AvgIpc) is 2.49. The van der Waals surface area contributed by atoms with Crippen molar-refractivity contribution in [3.8, 4) is 5.75 Å². The molecule has 0 aromatic heterocycles. The van der Waals surface area contributed by atoms with Crippen molar-refractivity contribution in [2.45, 2.75) is 49.3 Å². The van der Waals surface area contributed by atoms with Crippen LogP contribution in [0.1, 0.15) is 24.8 Å². The topological polar surface area (TPSA) is 139 Å². The number of hydrogen-bond acceptors (Lipinski definition) is 6. The van der Waals surface area contributed by atoms with Crippen LogP contribution in [0.15, 0.2) is 23.1 Å². The standard InChI is InChI=1S/C15H22N2O6S/c1-9-7-10(24(16,21)22)5-6-13(9)23-8-14(19)17-11-3-2-4-12(18)15(11)20/h5-7,11-12,15,18,20H,2-4,8H2,1H3,(H,17,19)(H2,16,21,22)/t11-,12-,15-/m1/s1. The molecule has 8 nitrogen and oxygen atoms in total. The highest BCUT2D eigenvalue weighted by Crippen LogP contribution is 2.21. The van der Waals surface area contributed by atoms with Gasteiger partial charge in [-0.25, -0.2) is 13.6 Å². The van der Waals surface area contributed by atoms with Gasteiger partial charge in [0.15, 0.2) is 6.61 Å². The highest BCUT2D eigenvalue weighted by atomic mass is 32.2. The minimum atomic E-state index is -3.79. The molecule has 24 heavy (non-hydrogen) atoms. The first-order valence-corrected chi connectivity index (χ1v) is 9.15. The predicted molar refractivity (Wildman–Crippen MR) is 85.8 cm³/mol. The normalized spacial score (nSPS) is 24.4. The van der Waals surface area contributed by atoms with Gasteiger partial charge in [-0.15, -0.1) is 0 Å². The number of nitrogens with one attached hydrogen (secondary N) is 1. The molecule has 1 aliphatic carbocycles. The fourth-order valence-electron chi connectivity index (χ4n) is 2.67. The molecule has 0 unspecified atom stereocenters. The maximum Gasteiger partial charge on any atom is 0.258 e. The van der Waals surface area contributed by atoms with Crippen LogP contribution < -0.4 is 15.2 Å². The van der Waals surface area contributed by atoms with E-state index in [4.69, 9.17) is 9.88 Å². The lowest BCUT2D eigenvalue weighted by Crippen LogP contribution is -2.51. The van der Waals surface area contributed by atoms with Crippen molar-refractivity contribution < 1.29 is 28.2 Å². The molecule has 1 aromatic carbocycles. The summed E-state index contributed by atoms with van der Waals surface area (Å²) < 4.78 is 27.9. The summed E-state index contributed by atoms with van der Waals surface area (Å²) in [5.74, 6) is -0.0650. The number of amides is 1. The van der Waals surface area contributed by atoms with Crippen LogP contribution in [0.2, 0.25) is 0 Å². The molecule has 0 bridgehead atoms. The molecule has 1 saturated carbocycles. The van der Waals surface area contributed by atoms with Gasteiger partial charge in [0.2, 0.25) is 10.0 Å². The molecule has 5 N–H and O–H groups in total. The summed E-state index contributed by atoms with van der Waals surface area (Å²) in [5, 5.41) is 27.1. The smallest absolute Gasteiger partial charge is 0.258 e. The zero-order valence-electron chi connectivity index (χ0n) is 13.3. The van der Waals surface area contributed by atoms with Crippen LogP contribution in [0.25, 0.3) is 0 Å².